The van der Waals surface area contributed by atoms with Crippen LogP contribution < -0.4 is 0 Å². The third-order valence-corrected chi connectivity index (χ3v) is 7.31. The summed E-state index contributed by atoms with van der Waals surface area (Å²) < 4.78 is 5.62. The maximum Gasteiger partial charge on any atom is 0.338 e. The Kier molecular flexibility index (Phi) is 9.70. The standard InChI is InChI=1S/C26H42O6/c1-6-18(15-27)12-17(3)22-8-7-9-23(29)26(4,5)20-13-19(11-10-16(20)2)14-21(28)24(30)25(31)32-22/h10-13,16,18,20-24,27-30H,6-9,14-15H2,1-5H3/b17-12-/t16?,18-,20?,21?,22+,23+,24+/m1/s1. The average molecular weight is 451 g/mol. The number of allylic oxidation sites excluding steroid dienone is 3. The molecule has 1 aliphatic heterocycles. The maximum absolute atomic E-state index is 12.6. The molecule has 3 unspecified atom stereocenters. The van der Waals surface area contributed by atoms with Crippen LogP contribution in [-0.4, -0.2) is 57.4 Å². The first-order valence-electron chi connectivity index (χ1n) is 11.9. The molecule has 32 heavy (non-hydrogen) atoms. The number of hydrogen-bond acceptors (Lipinski definition) is 6. The van der Waals surface area contributed by atoms with Crippen molar-refractivity contribution in [1.82, 2.24) is 0 Å². The molecule has 7 atom stereocenters. The molecule has 2 bridgehead atoms. The predicted octanol–water partition coefficient (Wildman–Crippen LogP) is 3.29. The minimum Gasteiger partial charge on any atom is -0.456 e. The van der Waals surface area contributed by atoms with Crippen molar-refractivity contribution >= 4 is 5.97 Å². The van der Waals surface area contributed by atoms with Gasteiger partial charge in [-0.3, -0.25) is 0 Å². The lowest BCUT2D eigenvalue weighted by atomic mass is 9.65. The van der Waals surface area contributed by atoms with Gasteiger partial charge in [-0.2, -0.15) is 0 Å². The number of ether oxygens (including phenoxy) is 1. The van der Waals surface area contributed by atoms with Crippen LogP contribution >= 0.6 is 0 Å². The van der Waals surface area contributed by atoms with Crippen molar-refractivity contribution < 1.29 is 30.0 Å². The van der Waals surface area contributed by atoms with Gasteiger partial charge in [-0.25, -0.2) is 4.79 Å². The summed E-state index contributed by atoms with van der Waals surface area (Å²) in [6, 6.07) is 0. The molecule has 0 saturated carbocycles. The molecule has 4 N–H and O–H groups in total. The Balaban J connectivity index is 2.34. The van der Waals surface area contributed by atoms with E-state index in [2.05, 4.69) is 32.9 Å². The lowest BCUT2D eigenvalue weighted by molar-refractivity contribution is -0.163. The monoisotopic (exact) mass is 450 g/mol. The number of aliphatic hydroxyl groups is 4. The van der Waals surface area contributed by atoms with Gasteiger partial charge in [0.25, 0.3) is 0 Å². The van der Waals surface area contributed by atoms with Gasteiger partial charge in [0.2, 0.25) is 0 Å². The number of esters is 1. The van der Waals surface area contributed by atoms with Gasteiger partial charge in [-0.1, -0.05) is 52.0 Å². The van der Waals surface area contributed by atoms with E-state index in [1.807, 2.05) is 26.0 Å². The number of fused-ring (bicyclic) bond motifs is 1. The summed E-state index contributed by atoms with van der Waals surface area (Å²) >= 11 is 0. The first-order chi connectivity index (χ1) is 15.0. The molecule has 0 aromatic heterocycles. The number of cyclic esters (lactones) is 1. The van der Waals surface area contributed by atoms with Crippen LogP contribution in [0.3, 0.4) is 0 Å². The quantitative estimate of drug-likeness (QED) is 0.387. The van der Waals surface area contributed by atoms with Crippen LogP contribution in [0.25, 0.3) is 0 Å². The normalized spacial score (nSPS) is 35.5. The molecule has 182 valence electrons. The summed E-state index contributed by atoms with van der Waals surface area (Å²) in [5.74, 6) is -0.591. The predicted molar refractivity (Wildman–Crippen MR) is 125 cm³/mol. The fraction of sp³-hybridized carbons (Fsp3) is 0.731. The van der Waals surface area contributed by atoms with Gasteiger partial charge in [-0.15, -0.1) is 0 Å². The highest BCUT2D eigenvalue weighted by Crippen LogP contribution is 2.42. The van der Waals surface area contributed by atoms with Gasteiger partial charge in [0.1, 0.15) is 6.10 Å². The van der Waals surface area contributed by atoms with Crippen LogP contribution in [0, 0.1) is 23.2 Å². The second-order valence-corrected chi connectivity index (χ2v) is 10.2. The molecule has 0 radical (unpaired) electrons. The van der Waals surface area contributed by atoms with E-state index in [1.54, 1.807) is 0 Å². The highest BCUT2D eigenvalue weighted by Gasteiger charge is 2.39. The molecule has 2 aliphatic rings. The van der Waals surface area contributed by atoms with E-state index >= 15 is 0 Å². The Morgan fingerprint density at radius 3 is 2.59 bits per heavy atom. The average Bonchev–Trinajstić information content (AvgIpc) is 2.76. The lowest BCUT2D eigenvalue weighted by Gasteiger charge is -2.41. The Bertz CT molecular complexity index is 718. The number of aliphatic hydroxyl groups excluding tert-OH is 4. The topological polar surface area (TPSA) is 107 Å². The first kappa shape index (κ1) is 26.8. The van der Waals surface area contributed by atoms with Crippen LogP contribution in [0.2, 0.25) is 0 Å². The van der Waals surface area contributed by atoms with Crippen molar-refractivity contribution in [3.63, 3.8) is 0 Å². The van der Waals surface area contributed by atoms with E-state index in [1.165, 1.54) is 0 Å². The third kappa shape index (κ3) is 6.53. The molecule has 2 rings (SSSR count). The van der Waals surface area contributed by atoms with Gasteiger partial charge in [0.15, 0.2) is 6.10 Å². The van der Waals surface area contributed by atoms with E-state index in [-0.39, 0.29) is 36.2 Å². The molecule has 6 nitrogen and oxygen atoms in total. The Hall–Kier alpha value is -1.47. The molecule has 1 heterocycles. The molecule has 0 saturated heterocycles. The van der Waals surface area contributed by atoms with Gasteiger partial charge in [0.05, 0.1) is 12.2 Å². The van der Waals surface area contributed by atoms with E-state index in [0.717, 1.165) is 17.6 Å². The second kappa shape index (κ2) is 11.6. The van der Waals surface area contributed by atoms with E-state index in [9.17, 15) is 25.2 Å². The second-order valence-electron chi connectivity index (χ2n) is 10.2. The fourth-order valence-corrected chi connectivity index (χ4v) is 4.83. The molecule has 0 fully saturated rings. The molecule has 1 aliphatic carbocycles. The highest BCUT2D eigenvalue weighted by molar-refractivity contribution is 5.75. The van der Waals surface area contributed by atoms with Crippen molar-refractivity contribution in [2.75, 3.05) is 6.61 Å². The molecule has 0 aromatic carbocycles. The zero-order chi connectivity index (χ0) is 24.1. The zero-order valence-corrected chi connectivity index (χ0v) is 20.2. The number of hydrogen-bond donors (Lipinski definition) is 4. The highest BCUT2D eigenvalue weighted by atomic mass is 16.6. The van der Waals surface area contributed by atoms with Crippen molar-refractivity contribution in [2.24, 2.45) is 23.2 Å². The Labute approximate surface area is 192 Å². The van der Waals surface area contributed by atoms with Gasteiger partial charge < -0.3 is 25.2 Å². The van der Waals surface area contributed by atoms with Crippen molar-refractivity contribution in [1.29, 1.82) is 0 Å². The molecule has 6 heteroatoms. The van der Waals surface area contributed by atoms with E-state index < -0.39 is 30.4 Å². The largest absolute Gasteiger partial charge is 0.456 e. The number of carbonyl (C=O) groups is 1. The molecule has 0 spiro atoms. The zero-order valence-electron chi connectivity index (χ0n) is 20.2. The fourth-order valence-electron chi connectivity index (χ4n) is 4.83. The summed E-state index contributed by atoms with van der Waals surface area (Å²) in [7, 11) is 0. The van der Waals surface area contributed by atoms with E-state index in [4.69, 9.17) is 4.74 Å². The first-order valence-corrected chi connectivity index (χ1v) is 11.9. The number of carbonyl (C=O) groups excluding carboxylic acids is 1. The summed E-state index contributed by atoms with van der Waals surface area (Å²) in [4.78, 5) is 12.6. The molecular weight excluding hydrogens is 408 g/mol. The van der Waals surface area contributed by atoms with Gasteiger partial charge in [-0.05, 0) is 61.0 Å². The van der Waals surface area contributed by atoms with Crippen LogP contribution in [0.1, 0.15) is 66.7 Å². The summed E-state index contributed by atoms with van der Waals surface area (Å²) in [6.45, 7) is 10.1. The van der Waals surface area contributed by atoms with Crippen molar-refractivity contribution in [3.05, 3.63) is 35.5 Å². The smallest absolute Gasteiger partial charge is 0.338 e. The summed E-state index contributed by atoms with van der Waals surface area (Å²) in [6.07, 6.45) is 6.49. The minimum atomic E-state index is -1.64. The molecular formula is C26H42O6. The summed E-state index contributed by atoms with van der Waals surface area (Å²) in [5.41, 5.74) is 1.26. The van der Waals surface area contributed by atoms with E-state index in [0.29, 0.717) is 19.3 Å². The Morgan fingerprint density at radius 1 is 1.28 bits per heavy atom. The molecule has 0 amide bonds. The lowest BCUT2D eigenvalue weighted by Crippen LogP contribution is -2.41. The summed E-state index contributed by atoms with van der Waals surface area (Å²) in [5, 5.41) is 41.6. The Morgan fingerprint density at radius 2 is 1.97 bits per heavy atom. The number of rotatable bonds is 4. The molecule has 0 aromatic rings. The minimum absolute atomic E-state index is 0.00491. The van der Waals surface area contributed by atoms with Crippen LogP contribution in [0.4, 0.5) is 0 Å². The maximum atomic E-state index is 12.6. The third-order valence-electron chi connectivity index (χ3n) is 7.31. The van der Waals surface area contributed by atoms with Crippen LogP contribution in [0.5, 0.6) is 0 Å². The van der Waals surface area contributed by atoms with Gasteiger partial charge >= 0.3 is 5.97 Å². The van der Waals surface area contributed by atoms with Crippen molar-refractivity contribution in [3.8, 4) is 0 Å². The van der Waals surface area contributed by atoms with Crippen molar-refractivity contribution in [2.45, 2.75) is 91.1 Å². The SMILES string of the molecule is CC[C@H](/C=C(/C)[C@@H]1CCC[C@H](O)C(C)(C)C2C=C(C=CC2C)CC(O)[C@H](O)C(=O)O1)CO. The van der Waals surface area contributed by atoms with Gasteiger partial charge in [0, 0.05) is 18.9 Å². The van der Waals surface area contributed by atoms with Crippen LogP contribution in [-0.2, 0) is 9.53 Å². The van der Waals surface area contributed by atoms with Crippen LogP contribution in [0.15, 0.2) is 35.5 Å².